The van der Waals surface area contributed by atoms with Crippen LogP contribution < -0.4 is 0 Å². The molecule has 0 saturated heterocycles. The van der Waals surface area contributed by atoms with E-state index >= 15 is 0 Å². The van der Waals surface area contributed by atoms with E-state index < -0.39 is 0 Å². The average molecular weight is 424 g/mol. The summed E-state index contributed by atoms with van der Waals surface area (Å²) in [6, 6.07) is 26.2. The van der Waals surface area contributed by atoms with Crippen molar-refractivity contribution < 1.29 is 69.8 Å². The van der Waals surface area contributed by atoms with Gasteiger partial charge in [-0.15, -0.1) is 41.5 Å². The first-order chi connectivity index (χ1) is 9.34. The zero-order chi connectivity index (χ0) is 13.1. The molecule has 0 aromatic heterocycles. The van der Waals surface area contributed by atoms with Gasteiger partial charge in [0.25, 0.3) is 0 Å². The van der Waals surface area contributed by atoms with E-state index in [-0.39, 0.29) is 71.2 Å². The first kappa shape index (κ1) is 18.8. The van der Waals surface area contributed by atoms with Crippen LogP contribution in [0.3, 0.4) is 0 Å². The van der Waals surface area contributed by atoms with Crippen LogP contribution in [-0.2, 0) is 65.4 Å². The van der Waals surface area contributed by atoms with Gasteiger partial charge in [-0.3, -0.25) is 0 Å². The number of rotatable bonds is 2. The van der Waals surface area contributed by atoms with Gasteiger partial charge < -0.3 is 0 Å². The van der Waals surface area contributed by atoms with Crippen LogP contribution in [-0.4, -0.2) is 0 Å². The first-order valence-corrected chi connectivity index (χ1v) is 6.08. The van der Waals surface area contributed by atoms with Gasteiger partial charge in [-0.05, 0) is 5.56 Å². The van der Waals surface area contributed by atoms with Crippen molar-refractivity contribution in [2.75, 3.05) is 0 Å². The average Bonchev–Trinajstić information content (AvgIpc) is 2.49. The molecule has 0 spiro atoms. The molecule has 0 fully saturated rings. The first-order valence-electron chi connectivity index (χ1n) is 6.08. The van der Waals surface area contributed by atoms with Gasteiger partial charge >= 0.3 is 0 Å². The Morgan fingerprint density at radius 2 is 1.67 bits per heavy atom. The molecule has 3 aromatic carbocycles. The molecule has 0 atom stereocenters. The summed E-state index contributed by atoms with van der Waals surface area (Å²) in [7, 11) is 0. The maximum absolute atomic E-state index is 14.2. The van der Waals surface area contributed by atoms with Gasteiger partial charge in [0.1, 0.15) is 5.82 Å². The minimum atomic E-state index is -0.227. The number of halogens is 1. The molecule has 0 aliphatic heterocycles. The van der Waals surface area contributed by atoms with Crippen LogP contribution in [0.1, 0.15) is 0 Å². The van der Waals surface area contributed by atoms with Gasteiger partial charge in [-0.2, -0.15) is 30.3 Å². The van der Waals surface area contributed by atoms with Crippen LogP contribution in [0.2, 0.25) is 0 Å². The van der Waals surface area contributed by atoms with E-state index in [0.29, 0.717) is 5.56 Å². The molecule has 0 unspecified atom stereocenters. The molecule has 0 heterocycles. The summed E-state index contributed by atoms with van der Waals surface area (Å²) in [4.78, 5) is 0. The Kier molecular flexibility index (Phi) is 8.12. The fourth-order valence-corrected chi connectivity index (χ4v) is 2.05. The Bertz CT molecular complexity index is 682. The van der Waals surface area contributed by atoms with Gasteiger partial charge in [0.05, 0.1) is 0 Å². The monoisotopic (exact) mass is 424 g/mol. The molecule has 0 bridgehead atoms. The quantitative estimate of drug-likeness (QED) is 0.521. The molecule has 0 amide bonds. The molecular formula is C18H11FY2-2. The zero-order valence-electron chi connectivity index (χ0n) is 11.4. The SMILES string of the molecule is Fc1cc(-c2[c-]cccc2)ccc1-c1c[c-]ccc1.[Y].[Y]. The fraction of sp³-hybridized carbons (Fsp3) is 0. The van der Waals surface area contributed by atoms with Gasteiger partial charge in [0.2, 0.25) is 0 Å². The summed E-state index contributed by atoms with van der Waals surface area (Å²) in [5, 5.41) is 0. The second kappa shape index (κ2) is 9.05. The molecule has 0 aliphatic rings. The van der Waals surface area contributed by atoms with Gasteiger partial charge in [0.15, 0.2) is 0 Å². The Balaban J connectivity index is 0.00000110. The number of hydrogen-bond donors (Lipinski definition) is 0. The predicted octanol–water partition coefficient (Wildman–Crippen LogP) is 4.76. The third kappa shape index (κ3) is 4.63. The van der Waals surface area contributed by atoms with E-state index in [1.807, 2.05) is 42.5 Å². The predicted molar refractivity (Wildman–Crippen MR) is 74.9 cm³/mol. The smallest absolute Gasteiger partial charge is 0.110 e. The summed E-state index contributed by atoms with van der Waals surface area (Å²) >= 11 is 0. The third-order valence-corrected chi connectivity index (χ3v) is 3.01. The molecule has 21 heavy (non-hydrogen) atoms. The normalized spacial score (nSPS) is 9.38. The molecule has 3 heteroatoms. The molecule has 2 radical (unpaired) electrons. The molecular weight excluding hydrogens is 413 g/mol. The second-order valence-electron chi connectivity index (χ2n) is 4.26. The van der Waals surface area contributed by atoms with Crippen molar-refractivity contribution in [3.05, 3.63) is 84.7 Å². The minimum Gasteiger partial charge on any atom is -0.208 e. The van der Waals surface area contributed by atoms with E-state index in [9.17, 15) is 4.39 Å². The molecule has 98 valence electrons. The molecule has 3 rings (SSSR count). The van der Waals surface area contributed by atoms with E-state index in [2.05, 4.69) is 12.1 Å². The van der Waals surface area contributed by atoms with E-state index in [1.54, 1.807) is 24.3 Å². The van der Waals surface area contributed by atoms with Crippen LogP contribution in [0.5, 0.6) is 0 Å². The van der Waals surface area contributed by atoms with Gasteiger partial charge in [-0.25, -0.2) is 4.39 Å². The molecule has 0 N–H and O–H groups in total. The van der Waals surface area contributed by atoms with Crippen LogP contribution in [0, 0.1) is 17.9 Å². The summed E-state index contributed by atoms with van der Waals surface area (Å²) in [5.41, 5.74) is 3.16. The van der Waals surface area contributed by atoms with Crippen molar-refractivity contribution in [1.29, 1.82) is 0 Å². The Labute approximate surface area is 174 Å². The summed E-state index contributed by atoms with van der Waals surface area (Å²) in [6.07, 6.45) is 0. The maximum Gasteiger partial charge on any atom is 0.110 e. The Morgan fingerprint density at radius 1 is 0.810 bits per heavy atom. The standard InChI is InChI=1S/C18H11F.2Y/c19-18-13-16(14-7-3-1-4-8-14)11-12-17(18)15-9-5-2-6-10-15;;/h1-5,7,9-13H;;/q-2;;. The topological polar surface area (TPSA) is 0 Å². The van der Waals surface area contributed by atoms with Gasteiger partial charge in [0, 0.05) is 65.4 Å². The summed E-state index contributed by atoms with van der Waals surface area (Å²) < 4.78 is 14.2. The van der Waals surface area contributed by atoms with Crippen molar-refractivity contribution >= 4 is 0 Å². The van der Waals surface area contributed by atoms with Crippen LogP contribution in [0.15, 0.2) is 66.7 Å². The van der Waals surface area contributed by atoms with Crippen molar-refractivity contribution in [2.45, 2.75) is 0 Å². The van der Waals surface area contributed by atoms with E-state index in [1.165, 1.54) is 0 Å². The van der Waals surface area contributed by atoms with E-state index in [0.717, 1.165) is 16.7 Å². The molecule has 0 aliphatic carbocycles. The van der Waals surface area contributed by atoms with E-state index in [4.69, 9.17) is 0 Å². The largest absolute Gasteiger partial charge is 0.208 e. The second-order valence-corrected chi connectivity index (χ2v) is 4.26. The van der Waals surface area contributed by atoms with Crippen molar-refractivity contribution in [1.82, 2.24) is 0 Å². The Morgan fingerprint density at radius 3 is 2.29 bits per heavy atom. The van der Waals surface area contributed by atoms with Crippen molar-refractivity contribution in [2.24, 2.45) is 0 Å². The minimum absolute atomic E-state index is 0. The van der Waals surface area contributed by atoms with Crippen LogP contribution in [0.25, 0.3) is 22.3 Å². The zero-order valence-corrected chi connectivity index (χ0v) is 17.1. The van der Waals surface area contributed by atoms with Crippen molar-refractivity contribution in [3.63, 3.8) is 0 Å². The maximum atomic E-state index is 14.2. The molecule has 0 nitrogen and oxygen atoms in total. The Hall–Kier alpha value is -0.202. The van der Waals surface area contributed by atoms with Crippen LogP contribution >= 0.6 is 0 Å². The van der Waals surface area contributed by atoms with Gasteiger partial charge in [-0.1, -0.05) is 23.8 Å². The summed E-state index contributed by atoms with van der Waals surface area (Å²) in [5.74, 6) is -0.227. The third-order valence-electron chi connectivity index (χ3n) is 3.01. The molecule has 3 aromatic rings. The van der Waals surface area contributed by atoms with Crippen molar-refractivity contribution in [3.8, 4) is 22.3 Å². The van der Waals surface area contributed by atoms with Crippen LogP contribution in [0.4, 0.5) is 4.39 Å². The number of hydrogen-bond acceptors (Lipinski definition) is 0. The number of benzene rings is 3. The fourth-order valence-electron chi connectivity index (χ4n) is 2.05. The summed E-state index contributed by atoms with van der Waals surface area (Å²) in [6.45, 7) is 0. The molecule has 0 saturated carbocycles.